The Morgan fingerprint density at radius 3 is 1.90 bits per heavy atom. The van der Waals surface area contributed by atoms with Gasteiger partial charge < -0.3 is 54.7 Å². The van der Waals surface area contributed by atoms with Crippen molar-refractivity contribution in [3.8, 4) is 23.0 Å². The van der Waals surface area contributed by atoms with Crippen LogP contribution in [-0.2, 0) is 33.3 Å². The molecule has 0 aromatic heterocycles. The van der Waals surface area contributed by atoms with E-state index in [1.165, 1.54) is 42.5 Å². The van der Waals surface area contributed by atoms with Gasteiger partial charge in [-0.15, -0.1) is 0 Å². The molecule has 0 amide bonds. The number of ether oxygens (including phenoxy) is 4. The Kier molecular flexibility index (Phi) is 7.97. The summed E-state index contributed by atoms with van der Waals surface area (Å²) >= 11 is 0. The highest BCUT2D eigenvalue weighted by Gasteiger charge is 2.68. The maximum absolute atomic E-state index is 12.4. The largest absolute Gasteiger partial charge is 0.504 e. The monoisotopic (exact) mass is 560 g/mol. The van der Waals surface area contributed by atoms with E-state index in [1.54, 1.807) is 0 Å². The molecular formula is C26H24O14. The molecular weight excluding hydrogens is 536 g/mol. The first-order valence-corrected chi connectivity index (χ1v) is 11.6. The summed E-state index contributed by atoms with van der Waals surface area (Å²) in [7, 11) is 0. The molecule has 0 spiro atoms. The second-order valence-electron chi connectivity index (χ2n) is 8.84. The second-order valence-corrected chi connectivity index (χ2v) is 8.84. The highest BCUT2D eigenvalue weighted by Crippen LogP contribution is 2.42. The van der Waals surface area contributed by atoms with Gasteiger partial charge >= 0.3 is 23.7 Å². The third kappa shape index (κ3) is 5.69. The number of aliphatic carboxylic acids is 1. The topological polar surface area (TPSA) is 230 Å². The summed E-state index contributed by atoms with van der Waals surface area (Å²) in [6.45, 7) is -0.613. The number of fused-ring (bicyclic) bond motifs is 2. The normalized spacial score (nSPS) is 27.6. The Morgan fingerprint density at radius 1 is 0.825 bits per heavy atom. The highest BCUT2D eigenvalue weighted by molar-refractivity contribution is 5.88. The highest BCUT2D eigenvalue weighted by atomic mass is 16.8. The van der Waals surface area contributed by atoms with Crippen molar-refractivity contribution >= 4 is 30.1 Å². The number of benzene rings is 2. The summed E-state index contributed by atoms with van der Waals surface area (Å²) in [5, 5.41) is 68.9. The first-order chi connectivity index (χ1) is 18.9. The summed E-state index contributed by atoms with van der Waals surface area (Å²) in [4.78, 5) is 36.5. The molecule has 7 N–H and O–H groups in total. The molecule has 1 unspecified atom stereocenters. The van der Waals surface area contributed by atoms with Crippen molar-refractivity contribution in [2.24, 2.45) is 0 Å². The lowest BCUT2D eigenvalue weighted by Crippen LogP contribution is -2.64. The maximum atomic E-state index is 12.4. The van der Waals surface area contributed by atoms with Gasteiger partial charge in [0.15, 0.2) is 35.2 Å². The Bertz CT molecular complexity index is 1370. The Hall–Kier alpha value is -4.63. The standard InChI is InChI=1S/C26H24O14/c27-14-5-1-12(9-16(14)29)3-7-19(31)37-11-18-22-21(33)23(24(34)26(39-18,40-22)25(35)36)38-20(32)8-4-13-2-6-15(28)17(30)10-13/h1-10,18,21-24,27-30,33-34H,11H2,(H,35,36)/b7-3+,8-4+/t18-,21-,22+,23+,24?,26+/m0/s1. The molecule has 6 atom stereocenters. The number of aliphatic hydroxyl groups excluding tert-OH is 2. The number of rotatable bonds is 8. The number of carbonyl (C=O) groups is 3. The number of aliphatic hydroxyl groups is 2. The molecule has 40 heavy (non-hydrogen) atoms. The molecule has 2 aliphatic rings. The van der Waals surface area contributed by atoms with Crippen LogP contribution in [0.4, 0.5) is 0 Å². The predicted octanol–water partition coefficient (Wildman–Crippen LogP) is -0.00910. The molecule has 2 heterocycles. The van der Waals surface area contributed by atoms with Gasteiger partial charge in [0, 0.05) is 12.2 Å². The van der Waals surface area contributed by atoms with Gasteiger partial charge in [-0.3, -0.25) is 0 Å². The lowest BCUT2D eigenvalue weighted by Gasteiger charge is -2.39. The van der Waals surface area contributed by atoms with Gasteiger partial charge in [0.05, 0.1) is 0 Å². The summed E-state index contributed by atoms with van der Waals surface area (Å²) in [5.41, 5.74) is 0.650. The van der Waals surface area contributed by atoms with E-state index in [0.29, 0.717) is 11.1 Å². The number of esters is 2. The van der Waals surface area contributed by atoms with Crippen molar-refractivity contribution < 1.29 is 69.1 Å². The van der Waals surface area contributed by atoms with Gasteiger partial charge in [-0.2, -0.15) is 0 Å². The fourth-order valence-corrected chi connectivity index (χ4v) is 4.11. The van der Waals surface area contributed by atoms with Crippen LogP contribution in [0.1, 0.15) is 11.1 Å². The Labute approximate surface area is 225 Å². The van der Waals surface area contributed by atoms with Gasteiger partial charge in [0.2, 0.25) is 0 Å². The fourth-order valence-electron chi connectivity index (χ4n) is 4.11. The van der Waals surface area contributed by atoms with Crippen LogP contribution in [-0.4, -0.2) is 96.6 Å². The van der Waals surface area contributed by atoms with Gasteiger partial charge in [0.25, 0.3) is 0 Å². The minimum absolute atomic E-state index is 0.295. The minimum atomic E-state index is -2.74. The fraction of sp³-hybridized carbons (Fsp3) is 0.269. The van der Waals surface area contributed by atoms with Crippen molar-refractivity contribution in [2.75, 3.05) is 6.61 Å². The van der Waals surface area contributed by atoms with Crippen LogP contribution < -0.4 is 0 Å². The van der Waals surface area contributed by atoms with Crippen LogP contribution in [0.2, 0.25) is 0 Å². The second kappa shape index (κ2) is 11.2. The van der Waals surface area contributed by atoms with E-state index in [9.17, 15) is 50.1 Å². The number of phenolic OH excluding ortho intramolecular Hbond substituents is 4. The SMILES string of the molecule is O=C(/C=C/c1ccc(O)c(O)c1)OC[C@@H]1O[C@@]2(C(=O)O)O[C@H]1[C@H](O)[C@@H](OC(=O)/C=C/c1ccc(O)c(O)c1)C2O. The van der Waals surface area contributed by atoms with E-state index in [1.807, 2.05) is 0 Å². The van der Waals surface area contributed by atoms with Crippen LogP contribution >= 0.6 is 0 Å². The maximum Gasteiger partial charge on any atom is 0.367 e. The van der Waals surface area contributed by atoms with Crippen molar-refractivity contribution in [1.29, 1.82) is 0 Å². The Balaban J connectivity index is 1.42. The first-order valence-electron chi connectivity index (χ1n) is 11.6. The lowest BCUT2D eigenvalue weighted by molar-refractivity contribution is -0.291. The van der Waals surface area contributed by atoms with Crippen LogP contribution in [0.25, 0.3) is 12.2 Å². The number of hydrogen-bond acceptors (Lipinski definition) is 13. The summed E-state index contributed by atoms with van der Waals surface area (Å²) < 4.78 is 20.8. The first kappa shape index (κ1) is 28.4. The van der Waals surface area contributed by atoms with Crippen LogP contribution in [0.3, 0.4) is 0 Å². The molecule has 2 aromatic carbocycles. The molecule has 14 nitrogen and oxygen atoms in total. The van der Waals surface area contributed by atoms with E-state index >= 15 is 0 Å². The van der Waals surface area contributed by atoms with Crippen molar-refractivity contribution in [3.63, 3.8) is 0 Å². The van der Waals surface area contributed by atoms with Crippen molar-refractivity contribution in [1.82, 2.24) is 0 Å². The molecule has 14 heteroatoms. The number of hydrogen-bond donors (Lipinski definition) is 7. The zero-order chi connectivity index (χ0) is 29.2. The van der Waals surface area contributed by atoms with Crippen molar-refractivity contribution in [3.05, 3.63) is 59.7 Å². The molecule has 212 valence electrons. The number of carboxylic acid groups (broad SMARTS) is 1. The number of aromatic hydroxyl groups is 4. The molecule has 2 saturated heterocycles. The number of phenols is 4. The molecule has 2 aromatic rings. The van der Waals surface area contributed by atoms with E-state index in [0.717, 1.165) is 18.2 Å². The average Bonchev–Trinajstić information content (AvgIpc) is 3.29. The van der Waals surface area contributed by atoms with E-state index < -0.39 is 72.3 Å². The van der Waals surface area contributed by atoms with Crippen LogP contribution in [0.15, 0.2) is 48.6 Å². The van der Waals surface area contributed by atoms with E-state index in [4.69, 9.17) is 18.9 Å². The van der Waals surface area contributed by atoms with Gasteiger partial charge in [0.1, 0.15) is 24.9 Å². The predicted molar refractivity (Wildman–Crippen MR) is 131 cm³/mol. The molecule has 2 aliphatic heterocycles. The molecule has 0 aliphatic carbocycles. The third-order valence-corrected chi connectivity index (χ3v) is 6.14. The molecule has 2 bridgehead atoms. The average molecular weight is 560 g/mol. The number of carbonyl (C=O) groups excluding carboxylic acids is 2. The zero-order valence-corrected chi connectivity index (χ0v) is 20.4. The summed E-state index contributed by atoms with van der Waals surface area (Å²) in [5.74, 6) is -8.10. The third-order valence-electron chi connectivity index (χ3n) is 6.14. The van der Waals surface area contributed by atoms with E-state index in [2.05, 4.69) is 0 Å². The van der Waals surface area contributed by atoms with Crippen LogP contribution in [0, 0.1) is 0 Å². The number of carboxylic acids is 1. The van der Waals surface area contributed by atoms with Gasteiger partial charge in [-0.1, -0.05) is 12.1 Å². The van der Waals surface area contributed by atoms with Crippen molar-refractivity contribution in [2.45, 2.75) is 36.3 Å². The lowest BCUT2D eigenvalue weighted by atomic mass is 9.93. The minimum Gasteiger partial charge on any atom is -0.504 e. The Morgan fingerprint density at radius 2 is 1.38 bits per heavy atom. The van der Waals surface area contributed by atoms with Gasteiger partial charge in [-0.05, 0) is 47.5 Å². The molecule has 0 saturated carbocycles. The molecule has 2 fully saturated rings. The summed E-state index contributed by atoms with van der Waals surface area (Å²) in [6.07, 6.45) is -4.32. The smallest absolute Gasteiger partial charge is 0.367 e. The molecule has 0 radical (unpaired) electrons. The van der Waals surface area contributed by atoms with Crippen LogP contribution in [0.5, 0.6) is 23.0 Å². The quantitative estimate of drug-likeness (QED) is 0.128. The van der Waals surface area contributed by atoms with E-state index in [-0.39, 0.29) is 11.5 Å². The summed E-state index contributed by atoms with van der Waals surface area (Å²) in [6, 6.07) is 7.52. The zero-order valence-electron chi connectivity index (χ0n) is 20.4. The van der Waals surface area contributed by atoms with Gasteiger partial charge in [-0.25, -0.2) is 14.4 Å². The molecule has 4 rings (SSSR count).